The molecule has 120 valence electrons. The van der Waals surface area contributed by atoms with Crippen molar-refractivity contribution in [1.82, 2.24) is 0 Å². The Kier molecular flexibility index (Phi) is 3.37. The maximum Gasteiger partial charge on any atom is 0.160 e. The van der Waals surface area contributed by atoms with Crippen molar-refractivity contribution >= 4 is 0 Å². The number of hydrogen-bond donors (Lipinski definition) is 1. The van der Waals surface area contributed by atoms with Crippen LogP contribution in [0, 0.1) is 11.8 Å². The Balaban J connectivity index is 1.71. The van der Waals surface area contributed by atoms with Crippen LogP contribution in [0.3, 0.4) is 0 Å². The summed E-state index contributed by atoms with van der Waals surface area (Å²) in [6.45, 7) is 3.27. The lowest BCUT2D eigenvalue weighted by atomic mass is 9.57. The summed E-state index contributed by atoms with van der Waals surface area (Å²) < 4.78 is 11.5. The van der Waals surface area contributed by atoms with Crippen molar-refractivity contribution in [1.29, 1.82) is 0 Å². The highest BCUT2D eigenvalue weighted by molar-refractivity contribution is 5.49. The van der Waals surface area contributed by atoms with Crippen molar-refractivity contribution in [2.45, 2.75) is 57.0 Å². The predicted octanol–water partition coefficient (Wildman–Crippen LogP) is 4.03. The van der Waals surface area contributed by atoms with E-state index in [4.69, 9.17) is 9.47 Å². The number of methoxy groups -OCH3 is 1. The Hall–Kier alpha value is -1.22. The minimum Gasteiger partial charge on any atom is -0.504 e. The van der Waals surface area contributed by atoms with E-state index in [1.807, 2.05) is 6.07 Å². The average Bonchev–Trinajstić information content (AvgIpc) is 2.53. The van der Waals surface area contributed by atoms with Gasteiger partial charge in [-0.15, -0.1) is 0 Å². The third-order valence-electron chi connectivity index (χ3n) is 6.45. The fourth-order valence-electron chi connectivity index (χ4n) is 5.35. The molecule has 3 aliphatic rings. The van der Waals surface area contributed by atoms with E-state index in [0.29, 0.717) is 17.6 Å². The molecule has 1 aromatic rings. The van der Waals surface area contributed by atoms with E-state index < -0.39 is 0 Å². The molecule has 1 saturated carbocycles. The zero-order chi connectivity index (χ0) is 15.3. The van der Waals surface area contributed by atoms with Crippen LogP contribution in [0.5, 0.6) is 11.5 Å². The second-order valence-electron chi connectivity index (χ2n) is 7.48. The van der Waals surface area contributed by atoms with E-state index in [9.17, 15) is 5.11 Å². The summed E-state index contributed by atoms with van der Waals surface area (Å²) in [4.78, 5) is 0. The summed E-state index contributed by atoms with van der Waals surface area (Å²) in [5.41, 5.74) is 2.83. The summed E-state index contributed by atoms with van der Waals surface area (Å²) in [6, 6.07) is 4.02. The van der Waals surface area contributed by atoms with Crippen LogP contribution in [0.2, 0.25) is 0 Å². The molecule has 22 heavy (non-hydrogen) atoms. The lowest BCUT2D eigenvalue weighted by Gasteiger charge is -2.53. The molecule has 1 heterocycles. The van der Waals surface area contributed by atoms with Crippen molar-refractivity contribution in [3.8, 4) is 11.5 Å². The zero-order valence-corrected chi connectivity index (χ0v) is 13.6. The monoisotopic (exact) mass is 302 g/mol. The summed E-state index contributed by atoms with van der Waals surface area (Å²) in [5.74, 6) is 2.92. The highest BCUT2D eigenvalue weighted by Gasteiger charge is 2.50. The molecule has 4 rings (SSSR count). The number of rotatable bonds is 1. The molecule has 0 unspecified atom stereocenters. The number of phenolic OH excluding ortho intramolecular Hbond substituents is 1. The van der Waals surface area contributed by atoms with Gasteiger partial charge in [0, 0.05) is 6.61 Å². The fraction of sp³-hybridized carbons (Fsp3) is 0.684. The normalized spacial score (nSPS) is 36.9. The first kappa shape index (κ1) is 14.4. The Labute approximate surface area is 132 Å². The first-order valence-corrected chi connectivity index (χ1v) is 8.66. The van der Waals surface area contributed by atoms with Crippen molar-refractivity contribution in [2.75, 3.05) is 13.7 Å². The zero-order valence-electron chi connectivity index (χ0n) is 13.6. The van der Waals surface area contributed by atoms with E-state index in [-0.39, 0.29) is 11.4 Å². The molecular weight excluding hydrogens is 276 g/mol. The van der Waals surface area contributed by atoms with E-state index in [1.165, 1.54) is 36.8 Å². The molecule has 3 nitrogen and oxygen atoms in total. The molecule has 0 bridgehead atoms. The van der Waals surface area contributed by atoms with E-state index >= 15 is 0 Å². The highest BCUT2D eigenvalue weighted by Crippen LogP contribution is 2.55. The summed E-state index contributed by atoms with van der Waals surface area (Å²) in [7, 11) is 1.63. The molecule has 0 aromatic heterocycles. The molecule has 0 amide bonds. The summed E-state index contributed by atoms with van der Waals surface area (Å²) >= 11 is 0. The molecule has 1 N–H and O–H groups in total. The van der Waals surface area contributed by atoms with Crippen LogP contribution in [-0.4, -0.2) is 24.4 Å². The maximum atomic E-state index is 10.0. The van der Waals surface area contributed by atoms with Crippen molar-refractivity contribution in [3.63, 3.8) is 0 Å². The van der Waals surface area contributed by atoms with Gasteiger partial charge < -0.3 is 14.6 Å². The van der Waals surface area contributed by atoms with Gasteiger partial charge in [-0.3, -0.25) is 0 Å². The van der Waals surface area contributed by atoms with Crippen LogP contribution in [0.15, 0.2) is 12.1 Å². The first-order valence-electron chi connectivity index (χ1n) is 8.66. The molecule has 0 spiro atoms. The predicted molar refractivity (Wildman–Crippen MR) is 85.5 cm³/mol. The SMILES string of the molecule is COc1cc2c(cc1O)CC[C@@H]1[C@@H]2CC[C@]2(C)OCCC[C@@H]12. The number of benzene rings is 1. The quantitative estimate of drug-likeness (QED) is 0.851. The third-order valence-corrected chi connectivity index (χ3v) is 6.45. The molecular formula is C19H26O3. The van der Waals surface area contributed by atoms with Gasteiger partial charge in [-0.25, -0.2) is 0 Å². The third kappa shape index (κ3) is 2.05. The molecule has 3 heteroatoms. The smallest absolute Gasteiger partial charge is 0.160 e. The Morgan fingerprint density at radius 2 is 2.14 bits per heavy atom. The number of aromatic hydroxyl groups is 1. The lowest BCUT2D eigenvalue weighted by Crippen LogP contribution is -2.51. The van der Waals surface area contributed by atoms with Crippen LogP contribution >= 0.6 is 0 Å². The Bertz CT molecular complexity index is 582. The van der Waals surface area contributed by atoms with Crippen LogP contribution in [0.1, 0.15) is 56.1 Å². The van der Waals surface area contributed by atoms with Gasteiger partial charge in [0.2, 0.25) is 0 Å². The Morgan fingerprint density at radius 1 is 1.27 bits per heavy atom. The average molecular weight is 302 g/mol. The topological polar surface area (TPSA) is 38.7 Å². The molecule has 1 aliphatic heterocycles. The number of fused-ring (bicyclic) bond motifs is 5. The minimum atomic E-state index is 0.0952. The first-order chi connectivity index (χ1) is 10.6. The highest BCUT2D eigenvalue weighted by atomic mass is 16.5. The molecule has 1 saturated heterocycles. The second kappa shape index (κ2) is 5.16. The number of hydrogen-bond acceptors (Lipinski definition) is 3. The van der Waals surface area contributed by atoms with Gasteiger partial charge in [0.15, 0.2) is 11.5 Å². The summed E-state index contributed by atoms with van der Waals surface area (Å²) in [5, 5.41) is 10.0. The van der Waals surface area contributed by atoms with E-state index in [1.54, 1.807) is 7.11 Å². The minimum absolute atomic E-state index is 0.0952. The van der Waals surface area contributed by atoms with Gasteiger partial charge >= 0.3 is 0 Å². The van der Waals surface area contributed by atoms with E-state index in [0.717, 1.165) is 25.4 Å². The van der Waals surface area contributed by atoms with Gasteiger partial charge in [-0.1, -0.05) is 0 Å². The lowest BCUT2D eigenvalue weighted by molar-refractivity contribution is -0.151. The molecule has 4 atom stereocenters. The Morgan fingerprint density at radius 3 is 2.95 bits per heavy atom. The van der Waals surface area contributed by atoms with Crippen LogP contribution in [0.4, 0.5) is 0 Å². The molecule has 2 fully saturated rings. The molecule has 1 aromatic carbocycles. The van der Waals surface area contributed by atoms with Crippen LogP contribution in [-0.2, 0) is 11.2 Å². The summed E-state index contributed by atoms with van der Waals surface area (Å²) in [6.07, 6.45) is 7.16. The van der Waals surface area contributed by atoms with Gasteiger partial charge in [-0.2, -0.15) is 0 Å². The van der Waals surface area contributed by atoms with Crippen molar-refractivity contribution in [2.24, 2.45) is 11.8 Å². The molecule has 2 aliphatic carbocycles. The van der Waals surface area contributed by atoms with Crippen LogP contribution in [0.25, 0.3) is 0 Å². The van der Waals surface area contributed by atoms with Crippen molar-refractivity contribution < 1.29 is 14.6 Å². The van der Waals surface area contributed by atoms with E-state index in [2.05, 4.69) is 13.0 Å². The standard InChI is InChI=1S/C19H26O3/c1-19-8-7-13-14(16(19)4-3-9-22-19)6-5-12-10-17(20)18(21-2)11-15(12)13/h10-11,13-14,16,20H,3-9H2,1-2H3/t13-,14+,16-,19-/m0/s1. The maximum absolute atomic E-state index is 10.0. The van der Waals surface area contributed by atoms with Gasteiger partial charge in [0.25, 0.3) is 0 Å². The van der Waals surface area contributed by atoms with Crippen molar-refractivity contribution in [3.05, 3.63) is 23.3 Å². The fourth-order valence-corrected chi connectivity index (χ4v) is 5.35. The van der Waals surface area contributed by atoms with Gasteiger partial charge in [0.05, 0.1) is 12.7 Å². The second-order valence-corrected chi connectivity index (χ2v) is 7.48. The number of phenols is 1. The molecule has 0 radical (unpaired) electrons. The largest absolute Gasteiger partial charge is 0.504 e. The number of aryl methyl sites for hydroxylation is 1. The van der Waals surface area contributed by atoms with Gasteiger partial charge in [-0.05, 0) is 86.5 Å². The number of ether oxygens (including phenoxy) is 2. The van der Waals surface area contributed by atoms with Crippen LogP contribution < -0.4 is 4.74 Å². The van der Waals surface area contributed by atoms with Gasteiger partial charge in [0.1, 0.15) is 0 Å².